The lowest BCUT2D eigenvalue weighted by atomic mass is 10.0. The standard InChI is InChI=1S/C20H19ClF3N3O2/c1-4-16(13-5-6-15(9-21)25-10-13)28-17-11(2)7-14(8-12(17)3)18-26-19(29-27-18)20(22,23)24/h5-8,10,16H,4,9H2,1-3H3. The van der Waals surface area contributed by atoms with Crippen molar-refractivity contribution < 1.29 is 22.4 Å². The van der Waals surface area contributed by atoms with Crippen LogP contribution in [0.15, 0.2) is 35.0 Å². The third kappa shape index (κ3) is 4.70. The predicted octanol–water partition coefficient (Wildman–Crippen LogP) is 6.04. The Morgan fingerprint density at radius 2 is 1.86 bits per heavy atom. The predicted molar refractivity (Wildman–Crippen MR) is 102 cm³/mol. The van der Waals surface area contributed by atoms with E-state index in [0.29, 0.717) is 23.6 Å². The number of ether oxygens (including phenoxy) is 1. The molecule has 1 unspecified atom stereocenters. The van der Waals surface area contributed by atoms with Gasteiger partial charge in [-0.25, -0.2) is 0 Å². The largest absolute Gasteiger partial charge is 0.485 e. The summed E-state index contributed by atoms with van der Waals surface area (Å²) in [5.74, 6) is -0.504. The highest BCUT2D eigenvalue weighted by Gasteiger charge is 2.38. The monoisotopic (exact) mass is 425 g/mol. The number of aromatic nitrogens is 3. The summed E-state index contributed by atoms with van der Waals surface area (Å²) >= 11 is 5.78. The lowest BCUT2D eigenvalue weighted by Crippen LogP contribution is -2.09. The van der Waals surface area contributed by atoms with Crippen molar-refractivity contribution in [2.45, 2.75) is 45.4 Å². The zero-order chi connectivity index (χ0) is 21.2. The van der Waals surface area contributed by atoms with Crippen LogP contribution in [0, 0.1) is 13.8 Å². The Balaban J connectivity index is 1.87. The molecule has 0 saturated carbocycles. The quantitative estimate of drug-likeness (QED) is 0.451. The van der Waals surface area contributed by atoms with E-state index in [1.54, 1.807) is 18.3 Å². The zero-order valence-corrected chi connectivity index (χ0v) is 16.8. The highest BCUT2D eigenvalue weighted by Crippen LogP contribution is 2.34. The van der Waals surface area contributed by atoms with Gasteiger partial charge in [-0.2, -0.15) is 18.2 Å². The van der Waals surface area contributed by atoms with Gasteiger partial charge in [-0.15, -0.1) is 11.6 Å². The summed E-state index contributed by atoms with van der Waals surface area (Å²) in [5, 5.41) is 3.44. The molecule has 2 heterocycles. The molecule has 0 radical (unpaired) electrons. The third-order valence-electron chi connectivity index (χ3n) is 4.37. The fourth-order valence-corrected chi connectivity index (χ4v) is 3.11. The molecule has 3 aromatic rings. The smallest absolute Gasteiger partial charge is 0.471 e. The molecule has 29 heavy (non-hydrogen) atoms. The molecule has 0 amide bonds. The average Bonchev–Trinajstić information content (AvgIpc) is 3.18. The first-order valence-corrected chi connectivity index (χ1v) is 9.46. The number of hydrogen-bond acceptors (Lipinski definition) is 5. The summed E-state index contributed by atoms with van der Waals surface area (Å²) in [6.45, 7) is 5.63. The van der Waals surface area contributed by atoms with Gasteiger partial charge in [0.1, 0.15) is 11.9 Å². The number of halogens is 4. The molecular weight excluding hydrogens is 407 g/mol. The van der Waals surface area contributed by atoms with E-state index in [-0.39, 0.29) is 11.9 Å². The summed E-state index contributed by atoms with van der Waals surface area (Å²) in [4.78, 5) is 7.74. The lowest BCUT2D eigenvalue weighted by Gasteiger charge is -2.21. The van der Waals surface area contributed by atoms with Crippen LogP contribution in [0.2, 0.25) is 0 Å². The van der Waals surface area contributed by atoms with Crippen molar-refractivity contribution in [1.29, 1.82) is 0 Å². The zero-order valence-electron chi connectivity index (χ0n) is 16.0. The summed E-state index contributed by atoms with van der Waals surface area (Å²) in [6.07, 6.45) is -2.46. The second-order valence-electron chi connectivity index (χ2n) is 6.59. The van der Waals surface area contributed by atoms with Gasteiger partial charge in [0.05, 0.1) is 11.6 Å². The molecule has 0 bridgehead atoms. The Morgan fingerprint density at radius 3 is 2.34 bits per heavy atom. The Hall–Kier alpha value is -2.61. The maximum Gasteiger partial charge on any atom is 0.471 e. The molecule has 3 rings (SSSR count). The van der Waals surface area contributed by atoms with Gasteiger partial charge in [0.2, 0.25) is 5.82 Å². The van der Waals surface area contributed by atoms with Crippen LogP contribution in [0.1, 0.15) is 47.7 Å². The van der Waals surface area contributed by atoms with Gasteiger partial charge in [0.15, 0.2) is 0 Å². The van der Waals surface area contributed by atoms with Crippen molar-refractivity contribution in [2.24, 2.45) is 0 Å². The Bertz CT molecular complexity index is 964. The first-order chi connectivity index (χ1) is 13.7. The highest BCUT2D eigenvalue weighted by atomic mass is 35.5. The Labute approximate surface area is 170 Å². The van der Waals surface area contributed by atoms with E-state index in [1.165, 1.54) is 0 Å². The van der Waals surface area contributed by atoms with Crippen molar-refractivity contribution in [3.63, 3.8) is 0 Å². The third-order valence-corrected chi connectivity index (χ3v) is 4.65. The molecule has 1 aromatic carbocycles. The Morgan fingerprint density at radius 1 is 1.17 bits per heavy atom. The van der Waals surface area contributed by atoms with Gasteiger partial charge in [0, 0.05) is 17.3 Å². The van der Waals surface area contributed by atoms with Gasteiger partial charge in [-0.3, -0.25) is 4.98 Å². The van der Waals surface area contributed by atoms with Crippen LogP contribution in [0.25, 0.3) is 11.4 Å². The van der Waals surface area contributed by atoms with Crippen LogP contribution < -0.4 is 4.74 Å². The van der Waals surface area contributed by atoms with Crippen molar-refractivity contribution in [3.8, 4) is 17.1 Å². The number of alkyl halides is 4. The molecule has 0 fully saturated rings. The van der Waals surface area contributed by atoms with Gasteiger partial charge in [0.25, 0.3) is 0 Å². The molecule has 0 aliphatic heterocycles. The molecular formula is C20H19ClF3N3O2. The number of pyridine rings is 1. The lowest BCUT2D eigenvalue weighted by molar-refractivity contribution is -0.159. The molecule has 0 N–H and O–H groups in total. The topological polar surface area (TPSA) is 61.0 Å². The molecule has 0 aliphatic carbocycles. The second kappa shape index (κ2) is 8.41. The van der Waals surface area contributed by atoms with E-state index in [0.717, 1.165) is 22.4 Å². The van der Waals surface area contributed by atoms with E-state index in [1.807, 2.05) is 32.9 Å². The number of rotatable bonds is 6. The number of aryl methyl sites for hydroxylation is 2. The van der Waals surface area contributed by atoms with Crippen LogP contribution in [-0.4, -0.2) is 15.1 Å². The van der Waals surface area contributed by atoms with Gasteiger partial charge in [-0.1, -0.05) is 18.1 Å². The molecule has 2 aromatic heterocycles. The maximum absolute atomic E-state index is 12.7. The van der Waals surface area contributed by atoms with Gasteiger partial charge < -0.3 is 9.26 Å². The fraction of sp³-hybridized carbons (Fsp3) is 0.350. The molecule has 154 valence electrons. The van der Waals surface area contributed by atoms with E-state index >= 15 is 0 Å². The first-order valence-electron chi connectivity index (χ1n) is 8.93. The minimum atomic E-state index is -4.68. The summed E-state index contributed by atoms with van der Waals surface area (Å²) in [7, 11) is 0. The van der Waals surface area contributed by atoms with E-state index in [9.17, 15) is 13.2 Å². The number of hydrogen-bond donors (Lipinski definition) is 0. The van der Waals surface area contributed by atoms with Crippen LogP contribution in [0.3, 0.4) is 0 Å². The maximum atomic E-state index is 12.7. The van der Waals surface area contributed by atoms with E-state index in [2.05, 4.69) is 19.6 Å². The first kappa shape index (κ1) is 21.1. The normalized spacial score (nSPS) is 12.8. The van der Waals surface area contributed by atoms with Gasteiger partial charge in [-0.05, 0) is 49.6 Å². The van der Waals surface area contributed by atoms with Crippen molar-refractivity contribution in [3.05, 3.63) is 58.7 Å². The van der Waals surface area contributed by atoms with E-state index in [4.69, 9.17) is 16.3 Å². The number of benzene rings is 1. The van der Waals surface area contributed by atoms with Crippen LogP contribution in [0.5, 0.6) is 5.75 Å². The van der Waals surface area contributed by atoms with Crippen molar-refractivity contribution in [2.75, 3.05) is 0 Å². The SMILES string of the molecule is CCC(Oc1c(C)cc(-c2noc(C(F)(F)F)n2)cc1C)c1ccc(CCl)nc1. The Kier molecular flexibility index (Phi) is 6.12. The van der Waals surface area contributed by atoms with Crippen molar-refractivity contribution >= 4 is 11.6 Å². The summed E-state index contributed by atoms with van der Waals surface area (Å²) in [6, 6.07) is 7.13. The molecule has 5 nitrogen and oxygen atoms in total. The molecule has 9 heteroatoms. The van der Waals surface area contributed by atoms with Gasteiger partial charge >= 0.3 is 12.1 Å². The molecule has 0 saturated heterocycles. The highest BCUT2D eigenvalue weighted by molar-refractivity contribution is 6.16. The fourth-order valence-electron chi connectivity index (χ4n) is 2.96. The molecule has 0 spiro atoms. The molecule has 1 atom stereocenters. The van der Waals surface area contributed by atoms with Crippen LogP contribution in [0.4, 0.5) is 13.2 Å². The average molecular weight is 426 g/mol. The van der Waals surface area contributed by atoms with Crippen LogP contribution in [-0.2, 0) is 12.1 Å². The summed E-state index contributed by atoms with van der Waals surface area (Å²) < 4.78 is 48.6. The molecule has 0 aliphatic rings. The minimum absolute atomic E-state index is 0.122. The van der Waals surface area contributed by atoms with Crippen molar-refractivity contribution in [1.82, 2.24) is 15.1 Å². The van der Waals surface area contributed by atoms with E-state index < -0.39 is 12.1 Å². The number of nitrogens with zero attached hydrogens (tertiary/aromatic N) is 3. The minimum Gasteiger partial charge on any atom is -0.485 e. The van der Waals surface area contributed by atoms with Crippen LogP contribution >= 0.6 is 11.6 Å². The second-order valence-corrected chi connectivity index (χ2v) is 6.86. The summed E-state index contributed by atoms with van der Waals surface area (Å²) in [5.41, 5.74) is 3.62.